The van der Waals surface area contributed by atoms with Crippen molar-refractivity contribution in [3.8, 4) is 12.3 Å². The van der Waals surface area contributed by atoms with Crippen molar-refractivity contribution in [2.45, 2.75) is 51.9 Å². The number of nitrogens with zero attached hydrogens (tertiary/aromatic N) is 1. The highest BCUT2D eigenvalue weighted by atomic mass is 16.6. The molecule has 8 nitrogen and oxygen atoms in total. The van der Waals surface area contributed by atoms with E-state index in [1.807, 2.05) is 0 Å². The van der Waals surface area contributed by atoms with Gasteiger partial charge in [-0.05, 0) is 20.8 Å². The summed E-state index contributed by atoms with van der Waals surface area (Å²) in [5, 5.41) is 14.9. The Kier molecular flexibility index (Phi) is 7.27. The number of ether oxygens (including phenoxy) is 2. The Bertz CT molecular complexity index is 596. The lowest BCUT2D eigenvalue weighted by Gasteiger charge is -2.22. The average Bonchev–Trinajstić information content (AvgIpc) is 2.90. The van der Waals surface area contributed by atoms with Crippen LogP contribution in [-0.4, -0.2) is 40.6 Å². The smallest absolute Gasteiger partial charge is 0.408 e. The van der Waals surface area contributed by atoms with Gasteiger partial charge < -0.3 is 24.4 Å². The van der Waals surface area contributed by atoms with Crippen LogP contribution in [0.1, 0.15) is 38.6 Å². The Morgan fingerprint density at radius 1 is 1.50 bits per heavy atom. The lowest BCUT2D eigenvalue weighted by Crippen LogP contribution is -2.44. The van der Waals surface area contributed by atoms with Gasteiger partial charge >= 0.3 is 12.1 Å². The summed E-state index contributed by atoms with van der Waals surface area (Å²) in [5.74, 6) is 2.08. The summed E-state index contributed by atoms with van der Waals surface area (Å²) >= 11 is 0. The van der Waals surface area contributed by atoms with E-state index < -0.39 is 23.7 Å². The van der Waals surface area contributed by atoms with Gasteiger partial charge in [0.25, 0.3) is 0 Å². The highest BCUT2D eigenvalue weighted by Crippen LogP contribution is 2.09. The molecule has 0 aliphatic rings. The number of aliphatic hydroxyl groups excluding tert-OH is 1. The van der Waals surface area contributed by atoms with Gasteiger partial charge in [0.05, 0.1) is 6.61 Å². The predicted molar refractivity (Wildman–Crippen MR) is 83.7 cm³/mol. The van der Waals surface area contributed by atoms with Crippen molar-refractivity contribution in [3.63, 3.8) is 0 Å². The lowest BCUT2D eigenvalue weighted by atomic mass is 10.2. The Morgan fingerprint density at radius 3 is 2.79 bits per heavy atom. The second-order valence-corrected chi connectivity index (χ2v) is 5.97. The second kappa shape index (κ2) is 8.93. The molecular weight excluding hydrogens is 316 g/mol. The Morgan fingerprint density at radius 2 is 2.21 bits per heavy atom. The topological polar surface area (TPSA) is 111 Å². The van der Waals surface area contributed by atoms with Crippen LogP contribution in [0.15, 0.2) is 10.6 Å². The number of terminal acetylenes is 1. The molecule has 0 unspecified atom stereocenters. The number of rotatable bonds is 7. The van der Waals surface area contributed by atoms with Crippen LogP contribution >= 0.6 is 0 Å². The lowest BCUT2D eigenvalue weighted by molar-refractivity contribution is -0.147. The molecule has 1 heterocycles. The number of aromatic nitrogens is 1. The number of nitrogens with one attached hydrogen (secondary N) is 1. The number of amides is 1. The normalized spacial score (nSPS) is 12.1. The van der Waals surface area contributed by atoms with E-state index in [0.29, 0.717) is 17.9 Å². The van der Waals surface area contributed by atoms with Crippen LogP contribution in [0.4, 0.5) is 4.79 Å². The molecule has 24 heavy (non-hydrogen) atoms. The zero-order chi connectivity index (χ0) is 18.2. The maximum absolute atomic E-state index is 12.1. The number of hydrogen-bond donors (Lipinski definition) is 2. The minimum Gasteiger partial charge on any atom is -0.457 e. The quantitative estimate of drug-likeness (QED) is 0.567. The number of aliphatic hydroxyl groups is 1. The van der Waals surface area contributed by atoms with Crippen LogP contribution in [0, 0.1) is 12.3 Å². The zero-order valence-corrected chi connectivity index (χ0v) is 14.0. The molecule has 0 aromatic carbocycles. The van der Waals surface area contributed by atoms with Crippen molar-refractivity contribution in [1.82, 2.24) is 10.5 Å². The third kappa shape index (κ3) is 7.15. The predicted octanol–water partition coefficient (Wildman–Crippen LogP) is 1.17. The molecule has 0 bridgehead atoms. The minimum atomic E-state index is -1.02. The Hall–Kier alpha value is -2.53. The highest BCUT2D eigenvalue weighted by Gasteiger charge is 2.25. The third-order valence-electron chi connectivity index (χ3n) is 2.63. The van der Waals surface area contributed by atoms with E-state index in [0.717, 1.165) is 0 Å². The van der Waals surface area contributed by atoms with Crippen molar-refractivity contribution in [1.29, 1.82) is 0 Å². The molecule has 1 aromatic rings. The molecule has 0 saturated carbocycles. The van der Waals surface area contributed by atoms with Crippen molar-refractivity contribution in [2.24, 2.45) is 0 Å². The van der Waals surface area contributed by atoms with E-state index in [2.05, 4.69) is 16.4 Å². The molecule has 2 N–H and O–H groups in total. The van der Waals surface area contributed by atoms with Gasteiger partial charge in [-0.15, -0.1) is 12.3 Å². The van der Waals surface area contributed by atoms with Crippen molar-refractivity contribution in [2.75, 3.05) is 6.61 Å². The third-order valence-corrected chi connectivity index (χ3v) is 2.63. The van der Waals surface area contributed by atoms with E-state index in [1.54, 1.807) is 26.8 Å². The molecule has 0 radical (unpaired) electrons. The summed E-state index contributed by atoms with van der Waals surface area (Å²) in [5.41, 5.74) is -0.304. The average molecular weight is 338 g/mol. The molecule has 1 atom stereocenters. The molecule has 0 fully saturated rings. The first-order valence-electron chi connectivity index (χ1n) is 7.40. The first-order valence-corrected chi connectivity index (χ1v) is 7.40. The molecule has 1 amide bonds. The van der Waals surface area contributed by atoms with Crippen LogP contribution in [0.3, 0.4) is 0 Å². The van der Waals surface area contributed by atoms with Gasteiger partial charge in [-0.1, -0.05) is 5.16 Å². The Labute approximate surface area is 140 Å². The maximum atomic E-state index is 12.1. The standard InChI is InChI=1S/C16H22N2O6/c1-5-6-13(17-15(21)23-16(2,3)4)14(20)22-10-11-9-12(7-8-19)24-18-11/h1,9,13,19H,6-8,10H2,2-4H3,(H,17,21)/t13-/m1/s1. The molecule has 1 rings (SSSR count). The van der Waals surface area contributed by atoms with E-state index >= 15 is 0 Å². The Balaban J connectivity index is 2.56. The summed E-state index contributed by atoms with van der Waals surface area (Å²) in [7, 11) is 0. The fourth-order valence-electron chi connectivity index (χ4n) is 1.66. The molecular formula is C16H22N2O6. The minimum absolute atomic E-state index is 0.0351. The van der Waals surface area contributed by atoms with E-state index in [1.165, 1.54) is 0 Å². The number of carbonyl (C=O) groups is 2. The van der Waals surface area contributed by atoms with Gasteiger partial charge in [-0.2, -0.15) is 0 Å². The molecule has 8 heteroatoms. The first-order chi connectivity index (χ1) is 11.2. The number of alkyl carbamates (subject to hydrolysis) is 1. The highest BCUT2D eigenvalue weighted by molar-refractivity contribution is 5.81. The molecule has 0 spiro atoms. The summed E-state index contributed by atoms with van der Waals surface area (Å²) in [4.78, 5) is 23.8. The fourth-order valence-corrected chi connectivity index (χ4v) is 1.66. The van der Waals surface area contributed by atoms with Gasteiger partial charge in [-0.3, -0.25) is 0 Å². The van der Waals surface area contributed by atoms with Gasteiger partial charge in [0.1, 0.15) is 29.7 Å². The van der Waals surface area contributed by atoms with Crippen molar-refractivity contribution in [3.05, 3.63) is 17.5 Å². The summed E-state index contributed by atoms with van der Waals surface area (Å²) < 4.78 is 15.1. The van der Waals surface area contributed by atoms with Crippen LogP contribution in [-0.2, 0) is 27.3 Å². The summed E-state index contributed by atoms with van der Waals surface area (Å²) in [6.45, 7) is 4.91. The molecule has 132 valence electrons. The van der Waals surface area contributed by atoms with Gasteiger partial charge in [-0.25, -0.2) is 9.59 Å². The second-order valence-electron chi connectivity index (χ2n) is 5.97. The molecule has 0 aliphatic heterocycles. The van der Waals surface area contributed by atoms with Crippen LogP contribution in [0.5, 0.6) is 0 Å². The number of carbonyl (C=O) groups excluding carboxylic acids is 2. The number of esters is 1. The van der Waals surface area contributed by atoms with Crippen LogP contribution in [0.2, 0.25) is 0 Å². The summed E-state index contributed by atoms with van der Waals surface area (Å²) in [6.07, 6.45) is 4.74. The zero-order valence-electron chi connectivity index (χ0n) is 14.0. The molecule has 1 aromatic heterocycles. The summed E-state index contributed by atoms with van der Waals surface area (Å²) in [6, 6.07) is 0.551. The van der Waals surface area contributed by atoms with Gasteiger partial charge in [0.15, 0.2) is 0 Å². The monoisotopic (exact) mass is 338 g/mol. The van der Waals surface area contributed by atoms with E-state index in [9.17, 15) is 9.59 Å². The van der Waals surface area contributed by atoms with Crippen molar-refractivity contribution < 1.29 is 28.7 Å². The largest absolute Gasteiger partial charge is 0.457 e. The molecule has 0 saturated heterocycles. The maximum Gasteiger partial charge on any atom is 0.408 e. The molecule has 0 aliphatic carbocycles. The first kappa shape index (κ1) is 19.5. The van der Waals surface area contributed by atoms with E-state index in [4.69, 9.17) is 25.5 Å². The van der Waals surface area contributed by atoms with E-state index in [-0.39, 0.29) is 19.6 Å². The SMILES string of the molecule is C#CC[C@@H](NC(=O)OC(C)(C)C)C(=O)OCc1cc(CCO)on1. The fraction of sp³-hybridized carbons (Fsp3) is 0.562. The number of hydrogen-bond acceptors (Lipinski definition) is 7. The van der Waals surface area contributed by atoms with Crippen molar-refractivity contribution >= 4 is 12.1 Å². The van der Waals surface area contributed by atoms with Gasteiger partial charge in [0, 0.05) is 18.9 Å². The van der Waals surface area contributed by atoms with Gasteiger partial charge in [0.2, 0.25) is 0 Å². The van der Waals surface area contributed by atoms with Crippen LogP contribution < -0.4 is 5.32 Å². The van der Waals surface area contributed by atoms with Crippen LogP contribution in [0.25, 0.3) is 0 Å².